The summed E-state index contributed by atoms with van der Waals surface area (Å²) in [6.45, 7) is 1.91. The third-order valence-corrected chi connectivity index (χ3v) is 2.94. The molecule has 0 aliphatic rings. The summed E-state index contributed by atoms with van der Waals surface area (Å²) >= 11 is 0. The third kappa shape index (κ3) is 2.00. The van der Waals surface area contributed by atoms with Gasteiger partial charge in [0.2, 0.25) is 0 Å². The van der Waals surface area contributed by atoms with Gasteiger partial charge in [-0.05, 0) is 36.8 Å². The molecule has 0 aliphatic heterocycles. The van der Waals surface area contributed by atoms with Gasteiger partial charge in [-0.25, -0.2) is 0 Å². The number of fused-ring (bicyclic) bond motifs is 1. The maximum atomic E-state index is 9.03. The smallest absolute Gasteiger partial charge is 0.178 e. The van der Waals surface area contributed by atoms with Gasteiger partial charge in [0.1, 0.15) is 5.52 Å². The van der Waals surface area contributed by atoms with Gasteiger partial charge in [-0.2, -0.15) is 10.4 Å². The van der Waals surface area contributed by atoms with Crippen LogP contribution >= 0.6 is 0 Å². The molecule has 3 aromatic rings. The zero-order chi connectivity index (χ0) is 13.2. The summed E-state index contributed by atoms with van der Waals surface area (Å²) in [4.78, 5) is 4.28. The molecule has 0 aliphatic carbocycles. The van der Waals surface area contributed by atoms with Crippen molar-refractivity contribution in [2.45, 2.75) is 6.92 Å². The summed E-state index contributed by atoms with van der Waals surface area (Å²) in [5.41, 5.74) is 4.08. The lowest BCUT2D eigenvalue weighted by molar-refractivity contribution is 1.12. The number of aryl methyl sites for hydroxylation is 1. The lowest BCUT2D eigenvalue weighted by atomic mass is 10.1. The first-order valence-corrected chi connectivity index (χ1v) is 5.85. The van der Waals surface area contributed by atoms with Crippen molar-refractivity contribution in [2.75, 3.05) is 5.32 Å². The van der Waals surface area contributed by atoms with Gasteiger partial charge in [0.25, 0.3) is 0 Å². The number of pyridine rings is 1. The van der Waals surface area contributed by atoms with E-state index in [1.807, 2.05) is 31.2 Å². The highest BCUT2D eigenvalue weighted by Gasteiger charge is 2.07. The van der Waals surface area contributed by atoms with Gasteiger partial charge >= 0.3 is 0 Å². The van der Waals surface area contributed by atoms with Crippen molar-refractivity contribution >= 4 is 22.5 Å². The van der Waals surface area contributed by atoms with Crippen molar-refractivity contribution in [3.05, 3.63) is 47.7 Å². The van der Waals surface area contributed by atoms with Crippen LogP contribution in [-0.4, -0.2) is 15.2 Å². The second-order valence-corrected chi connectivity index (χ2v) is 4.24. The van der Waals surface area contributed by atoms with Crippen LogP contribution in [0.1, 0.15) is 11.1 Å². The molecule has 2 aromatic heterocycles. The Bertz CT molecular complexity index is 782. The molecule has 2 heterocycles. The minimum atomic E-state index is 0.651. The predicted molar refractivity (Wildman–Crippen MR) is 73.1 cm³/mol. The van der Waals surface area contributed by atoms with Crippen molar-refractivity contribution in [2.24, 2.45) is 0 Å². The number of hydrogen-bond acceptors (Lipinski definition) is 4. The van der Waals surface area contributed by atoms with E-state index in [2.05, 4.69) is 26.6 Å². The Kier molecular flexibility index (Phi) is 2.62. The van der Waals surface area contributed by atoms with E-state index in [1.54, 1.807) is 12.3 Å². The minimum Gasteiger partial charge on any atom is -0.337 e. The van der Waals surface area contributed by atoms with Crippen LogP contribution in [0.3, 0.4) is 0 Å². The third-order valence-electron chi connectivity index (χ3n) is 2.94. The van der Waals surface area contributed by atoms with Gasteiger partial charge in [0, 0.05) is 11.9 Å². The summed E-state index contributed by atoms with van der Waals surface area (Å²) in [6, 6.07) is 11.6. The van der Waals surface area contributed by atoms with Crippen LogP contribution in [0.4, 0.5) is 11.5 Å². The molecule has 19 heavy (non-hydrogen) atoms. The molecule has 92 valence electrons. The quantitative estimate of drug-likeness (QED) is 0.732. The first kappa shape index (κ1) is 11.2. The van der Waals surface area contributed by atoms with Crippen LogP contribution in [0.2, 0.25) is 0 Å². The van der Waals surface area contributed by atoms with E-state index < -0.39 is 0 Å². The molecule has 0 unspecified atom stereocenters. The summed E-state index contributed by atoms with van der Waals surface area (Å²) in [5.74, 6) is 0.656. The second-order valence-electron chi connectivity index (χ2n) is 4.24. The molecule has 0 amide bonds. The predicted octanol–water partition coefficient (Wildman–Crippen LogP) is 2.88. The maximum Gasteiger partial charge on any atom is 0.178 e. The van der Waals surface area contributed by atoms with E-state index in [1.165, 1.54) is 0 Å². The Morgan fingerprint density at radius 1 is 1.32 bits per heavy atom. The molecule has 0 radical (unpaired) electrons. The van der Waals surface area contributed by atoms with Gasteiger partial charge in [-0.1, -0.05) is 6.07 Å². The Morgan fingerprint density at radius 3 is 3.05 bits per heavy atom. The number of H-pyrrole nitrogens is 1. The number of anilines is 2. The molecule has 0 atom stereocenters. The molecule has 3 rings (SSSR count). The molecule has 5 nitrogen and oxygen atoms in total. The second kappa shape index (κ2) is 4.42. The summed E-state index contributed by atoms with van der Waals surface area (Å²) in [5, 5.41) is 19.3. The fraction of sp³-hybridized carbons (Fsp3) is 0.0714. The highest BCUT2D eigenvalue weighted by atomic mass is 15.2. The molecular weight excluding hydrogens is 238 g/mol. The van der Waals surface area contributed by atoms with Crippen molar-refractivity contribution in [3.8, 4) is 6.07 Å². The standard InChI is InChI=1S/C14H11N5/c1-9-4-5-11(7-10(9)8-15)17-14-13-12(18-19-14)3-2-6-16-13/h2-7H,1H3,(H2,17,18,19). The van der Waals surface area contributed by atoms with Gasteiger partial charge in [-0.15, -0.1) is 0 Å². The summed E-state index contributed by atoms with van der Waals surface area (Å²) < 4.78 is 0. The van der Waals surface area contributed by atoms with Crippen LogP contribution in [-0.2, 0) is 0 Å². The van der Waals surface area contributed by atoms with Crippen LogP contribution in [0, 0.1) is 18.3 Å². The molecule has 0 bridgehead atoms. The van der Waals surface area contributed by atoms with Gasteiger partial charge in [0.05, 0.1) is 17.1 Å². The van der Waals surface area contributed by atoms with Gasteiger partial charge in [0.15, 0.2) is 5.82 Å². The number of hydrogen-bond donors (Lipinski definition) is 2. The van der Waals surface area contributed by atoms with Crippen molar-refractivity contribution < 1.29 is 0 Å². The molecule has 0 saturated carbocycles. The zero-order valence-electron chi connectivity index (χ0n) is 10.3. The average molecular weight is 249 g/mol. The van der Waals surface area contributed by atoms with Crippen LogP contribution in [0.5, 0.6) is 0 Å². The number of rotatable bonds is 2. The molecule has 5 heteroatoms. The molecule has 0 spiro atoms. The fourth-order valence-electron chi connectivity index (χ4n) is 1.90. The number of benzene rings is 1. The molecule has 0 saturated heterocycles. The highest BCUT2D eigenvalue weighted by molar-refractivity contribution is 5.87. The van der Waals surface area contributed by atoms with E-state index in [-0.39, 0.29) is 0 Å². The van der Waals surface area contributed by atoms with Crippen LogP contribution in [0.25, 0.3) is 11.0 Å². The van der Waals surface area contributed by atoms with E-state index in [9.17, 15) is 0 Å². The number of aromatic nitrogens is 3. The van der Waals surface area contributed by atoms with Crippen LogP contribution < -0.4 is 5.32 Å². The van der Waals surface area contributed by atoms with E-state index in [4.69, 9.17) is 5.26 Å². The fourth-order valence-corrected chi connectivity index (χ4v) is 1.90. The molecule has 1 aromatic carbocycles. The molecular formula is C14H11N5. The zero-order valence-corrected chi connectivity index (χ0v) is 10.3. The maximum absolute atomic E-state index is 9.03. The largest absolute Gasteiger partial charge is 0.337 e. The van der Waals surface area contributed by atoms with Gasteiger partial charge < -0.3 is 5.32 Å². The lowest BCUT2D eigenvalue weighted by Crippen LogP contribution is -1.93. The monoisotopic (exact) mass is 249 g/mol. The van der Waals surface area contributed by atoms with E-state index in [0.29, 0.717) is 11.4 Å². The number of aromatic amines is 1. The summed E-state index contributed by atoms with van der Waals surface area (Å²) in [6.07, 6.45) is 1.72. The Balaban J connectivity index is 2.00. The molecule has 2 N–H and O–H groups in total. The molecule has 0 fully saturated rings. The normalized spacial score (nSPS) is 10.3. The first-order chi connectivity index (χ1) is 9.28. The SMILES string of the molecule is Cc1ccc(Nc2n[nH]c3cccnc23)cc1C#N. The number of nitriles is 1. The highest BCUT2D eigenvalue weighted by Crippen LogP contribution is 2.23. The van der Waals surface area contributed by atoms with Crippen molar-refractivity contribution in [1.29, 1.82) is 5.26 Å². The Morgan fingerprint density at radius 2 is 2.21 bits per heavy atom. The average Bonchev–Trinajstić information content (AvgIpc) is 2.84. The minimum absolute atomic E-state index is 0.651. The van der Waals surface area contributed by atoms with Crippen molar-refractivity contribution in [1.82, 2.24) is 15.2 Å². The summed E-state index contributed by atoms with van der Waals surface area (Å²) in [7, 11) is 0. The van der Waals surface area contributed by atoms with Crippen molar-refractivity contribution in [3.63, 3.8) is 0 Å². The number of nitrogens with one attached hydrogen (secondary N) is 2. The topological polar surface area (TPSA) is 77.4 Å². The lowest BCUT2D eigenvalue weighted by Gasteiger charge is -2.05. The first-order valence-electron chi connectivity index (χ1n) is 5.85. The number of nitrogens with zero attached hydrogens (tertiary/aromatic N) is 3. The van der Waals surface area contributed by atoms with E-state index >= 15 is 0 Å². The Labute approximate surface area is 109 Å². The van der Waals surface area contributed by atoms with Gasteiger partial charge in [-0.3, -0.25) is 10.1 Å². The van der Waals surface area contributed by atoms with Crippen LogP contribution in [0.15, 0.2) is 36.5 Å². The Hall–Kier alpha value is -2.87. The van der Waals surface area contributed by atoms with E-state index in [0.717, 1.165) is 22.3 Å².